The zero-order valence-electron chi connectivity index (χ0n) is 7.49. The van der Waals surface area contributed by atoms with Crippen LogP contribution in [0.1, 0.15) is 17.2 Å². The molecule has 88 valence electrons. The summed E-state index contributed by atoms with van der Waals surface area (Å²) in [4.78, 5) is 14.0. The fourth-order valence-corrected chi connectivity index (χ4v) is 1.82. The van der Waals surface area contributed by atoms with E-state index in [2.05, 4.69) is 4.98 Å². The Balaban J connectivity index is 3.41. The number of carboxylic acids is 1. The predicted molar refractivity (Wildman–Crippen MR) is 54.6 cm³/mol. The van der Waals surface area contributed by atoms with Crippen LogP contribution in [0.3, 0.4) is 0 Å². The van der Waals surface area contributed by atoms with E-state index in [1.807, 2.05) is 0 Å². The lowest BCUT2D eigenvalue weighted by molar-refractivity contribution is -0.149. The molecule has 1 atom stereocenters. The molecule has 2 N–H and O–H groups in total. The third-order valence-corrected chi connectivity index (χ3v) is 2.61. The number of carboxylic acid groups (broad SMARTS) is 1. The highest BCUT2D eigenvalue weighted by Crippen LogP contribution is 2.36. The van der Waals surface area contributed by atoms with Crippen LogP contribution in [0.15, 0.2) is 12.3 Å². The molecule has 4 nitrogen and oxygen atoms in total. The number of hydrogen-bond acceptors (Lipinski definition) is 3. The number of rotatable bonds is 2. The van der Waals surface area contributed by atoms with Gasteiger partial charge < -0.3 is 10.2 Å². The van der Waals surface area contributed by atoms with Gasteiger partial charge in [0.1, 0.15) is 3.70 Å². The van der Waals surface area contributed by atoms with Crippen molar-refractivity contribution in [3.05, 3.63) is 27.1 Å². The minimum Gasteiger partial charge on any atom is -0.479 e. The van der Waals surface area contributed by atoms with Gasteiger partial charge in [-0.05, 0) is 28.7 Å². The van der Waals surface area contributed by atoms with Gasteiger partial charge in [-0.15, -0.1) is 0 Å². The number of aliphatic hydroxyl groups is 1. The summed E-state index contributed by atoms with van der Waals surface area (Å²) in [6.07, 6.45) is -6.06. The van der Waals surface area contributed by atoms with Crippen molar-refractivity contribution >= 4 is 28.6 Å². The van der Waals surface area contributed by atoms with Gasteiger partial charge >= 0.3 is 12.1 Å². The topological polar surface area (TPSA) is 70.4 Å². The Hall–Kier alpha value is -0.900. The SMILES string of the molecule is O=C(O)C(O)c1c(C(F)(F)F)ccnc1I. The Bertz CT molecular complexity index is 421. The second kappa shape index (κ2) is 4.53. The van der Waals surface area contributed by atoms with Crippen molar-refractivity contribution in [2.75, 3.05) is 0 Å². The van der Waals surface area contributed by atoms with Crippen molar-refractivity contribution in [3.63, 3.8) is 0 Å². The number of nitrogens with zero attached hydrogens (tertiary/aromatic N) is 1. The number of hydrogen-bond donors (Lipinski definition) is 2. The van der Waals surface area contributed by atoms with Crippen LogP contribution in [0, 0.1) is 3.70 Å². The standard InChI is InChI=1S/C8H5F3INO3/c9-8(10,11)3-1-2-13-6(12)4(3)5(14)7(15)16/h1-2,5,14H,(H,15,16). The normalized spacial score (nSPS) is 13.6. The molecule has 1 aromatic rings. The Morgan fingerprint density at radius 1 is 1.50 bits per heavy atom. The van der Waals surface area contributed by atoms with E-state index < -0.39 is 29.4 Å². The molecule has 0 spiro atoms. The fraction of sp³-hybridized carbons (Fsp3) is 0.250. The van der Waals surface area contributed by atoms with Gasteiger partial charge in [0.05, 0.1) is 5.56 Å². The Morgan fingerprint density at radius 2 is 2.06 bits per heavy atom. The van der Waals surface area contributed by atoms with Crippen molar-refractivity contribution in [2.45, 2.75) is 12.3 Å². The van der Waals surface area contributed by atoms with E-state index in [-0.39, 0.29) is 3.70 Å². The van der Waals surface area contributed by atoms with Crippen LogP contribution in [-0.4, -0.2) is 21.2 Å². The molecule has 0 saturated carbocycles. The fourth-order valence-electron chi connectivity index (χ4n) is 1.08. The number of aliphatic carboxylic acids is 1. The van der Waals surface area contributed by atoms with Crippen molar-refractivity contribution in [1.82, 2.24) is 4.98 Å². The van der Waals surface area contributed by atoms with E-state index in [1.54, 1.807) is 0 Å². The Labute approximate surface area is 101 Å². The molecule has 0 saturated heterocycles. The molecule has 0 aliphatic heterocycles. The number of halogens is 4. The van der Waals surface area contributed by atoms with Gasteiger partial charge in [0.15, 0.2) is 6.10 Å². The van der Waals surface area contributed by atoms with Crippen LogP contribution in [0.5, 0.6) is 0 Å². The second-order valence-electron chi connectivity index (χ2n) is 2.80. The summed E-state index contributed by atoms with van der Waals surface area (Å²) in [7, 11) is 0. The Kier molecular flexibility index (Phi) is 3.73. The smallest absolute Gasteiger partial charge is 0.416 e. The van der Waals surface area contributed by atoms with Crippen molar-refractivity contribution in [3.8, 4) is 0 Å². The van der Waals surface area contributed by atoms with Crippen LogP contribution in [0.2, 0.25) is 0 Å². The minimum atomic E-state index is -4.73. The largest absolute Gasteiger partial charge is 0.479 e. The molecule has 0 fully saturated rings. The zero-order valence-corrected chi connectivity index (χ0v) is 9.65. The molecule has 16 heavy (non-hydrogen) atoms. The van der Waals surface area contributed by atoms with Crippen molar-refractivity contribution < 1.29 is 28.2 Å². The minimum absolute atomic E-state index is 0.192. The maximum atomic E-state index is 12.5. The highest BCUT2D eigenvalue weighted by molar-refractivity contribution is 14.1. The van der Waals surface area contributed by atoms with Gasteiger partial charge in [-0.2, -0.15) is 13.2 Å². The van der Waals surface area contributed by atoms with E-state index in [0.29, 0.717) is 6.07 Å². The third-order valence-electron chi connectivity index (χ3n) is 1.75. The number of alkyl halides is 3. The van der Waals surface area contributed by atoms with Gasteiger partial charge in [0, 0.05) is 11.8 Å². The molecule has 0 aliphatic carbocycles. The third kappa shape index (κ3) is 2.61. The molecule has 8 heteroatoms. The van der Waals surface area contributed by atoms with Gasteiger partial charge in [-0.25, -0.2) is 9.78 Å². The molecule has 0 amide bonds. The molecule has 1 unspecified atom stereocenters. The van der Waals surface area contributed by atoms with E-state index in [4.69, 9.17) is 5.11 Å². The molecule has 1 aromatic heterocycles. The highest BCUT2D eigenvalue weighted by Gasteiger charge is 2.38. The van der Waals surface area contributed by atoms with E-state index in [0.717, 1.165) is 6.20 Å². The lowest BCUT2D eigenvalue weighted by Crippen LogP contribution is -2.19. The van der Waals surface area contributed by atoms with E-state index in [1.165, 1.54) is 22.6 Å². The van der Waals surface area contributed by atoms with Crippen molar-refractivity contribution in [1.29, 1.82) is 0 Å². The summed E-state index contributed by atoms with van der Waals surface area (Å²) in [5.74, 6) is -1.75. The first-order chi connectivity index (χ1) is 7.25. The first-order valence-corrected chi connectivity index (χ1v) is 4.95. The number of pyridine rings is 1. The maximum absolute atomic E-state index is 12.5. The molecule has 1 rings (SSSR count). The zero-order chi connectivity index (χ0) is 12.5. The monoisotopic (exact) mass is 347 g/mol. The number of aromatic nitrogens is 1. The summed E-state index contributed by atoms with van der Waals surface area (Å²) in [5, 5.41) is 17.7. The van der Waals surface area contributed by atoms with Crippen LogP contribution in [0.25, 0.3) is 0 Å². The van der Waals surface area contributed by atoms with Gasteiger partial charge in [0.25, 0.3) is 0 Å². The molecule has 0 aromatic carbocycles. The quantitative estimate of drug-likeness (QED) is 0.633. The first kappa shape index (κ1) is 13.2. The van der Waals surface area contributed by atoms with Gasteiger partial charge in [-0.1, -0.05) is 0 Å². The molecule has 0 radical (unpaired) electrons. The summed E-state index contributed by atoms with van der Waals surface area (Å²) in [6.45, 7) is 0. The van der Waals surface area contributed by atoms with E-state index >= 15 is 0 Å². The summed E-state index contributed by atoms with van der Waals surface area (Å²) < 4.78 is 37.4. The summed E-state index contributed by atoms with van der Waals surface area (Å²) in [5.41, 5.74) is -1.93. The molecule has 0 bridgehead atoms. The maximum Gasteiger partial charge on any atom is 0.416 e. The van der Waals surface area contributed by atoms with E-state index in [9.17, 15) is 23.1 Å². The second-order valence-corrected chi connectivity index (χ2v) is 3.82. The Morgan fingerprint density at radius 3 is 2.50 bits per heavy atom. The molecule has 1 heterocycles. The van der Waals surface area contributed by atoms with Crippen LogP contribution < -0.4 is 0 Å². The van der Waals surface area contributed by atoms with Crippen LogP contribution in [-0.2, 0) is 11.0 Å². The van der Waals surface area contributed by atoms with Crippen LogP contribution in [0.4, 0.5) is 13.2 Å². The average molecular weight is 347 g/mol. The number of carbonyl (C=O) groups is 1. The predicted octanol–water partition coefficient (Wildman–Crippen LogP) is 1.82. The summed E-state index contributed by atoms with van der Waals surface area (Å²) >= 11 is 1.44. The number of aliphatic hydroxyl groups excluding tert-OH is 1. The first-order valence-electron chi connectivity index (χ1n) is 3.87. The van der Waals surface area contributed by atoms with Crippen LogP contribution >= 0.6 is 22.6 Å². The van der Waals surface area contributed by atoms with Crippen molar-refractivity contribution in [2.24, 2.45) is 0 Å². The average Bonchev–Trinajstić information content (AvgIpc) is 2.14. The summed E-state index contributed by atoms with van der Waals surface area (Å²) in [6, 6.07) is 0.629. The molecular weight excluding hydrogens is 342 g/mol. The van der Waals surface area contributed by atoms with Gasteiger partial charge in [-0.3, -0.25) is 0 Å². The molecule has 0 aliphatic rings. The molecular formula is C8H5F3INO3. The lowest BCUT2D eigenvalue weighted by Gasteiger charge is -2.15. The lowest BCUT2D eigenvalue weighted by atomic mass is 10.1. The highest BCUT2D eigenvalue weighted by atomic mass is 127. The van der Waals surface area contributed by atoms with Gasteiger partial charge in [0.2, 0.25) is 0 Å².